The minimum absolute atomic E-state index is 0.540. The fourth-order valence-corrected chi connectivity index (χ4v) is 2.73. The molecule has 0 aliphatic rings. The van der Waals surface area contributed by atoms with Gasteiger partial charge in [0.25, 0.3) is 0 Å². The van der Waals surface area contributed by atoms with E-state index in [0.29, 0.717) is 5.95 Å². The first-order valence-electron chi connectivity index (χ1n) is 5.83. The van der Waals surface area contributed by atoms with E-state index >= 15 is 0 Å². The molecule has 4 nitrogen and oxygen atoms in total. The second-order valence-corrected chi connectivity index (χ2v) is 5.14. The second kappa shape index (κ2) is 4.42. The van der Waals surface area contributed by atoms with Crippen LogP contribution in [0.1, 0.15) is 11.1 Å². The molecule has 0 aliphatic heterocycles. The molecule has 0 unspecified atom stereocenters. The smallest absolute Gasteiger partial charge is 0.202 e. The van der Waals surface area contributed by atoms with Crippen LogP contribution in [-0.4, -0.2) is 14.5 Å². The van der Waals surface area contributed by atoms with Gasteiger partial charge >= 0.3 is 0 Å². The molecular weight excluding hydrogens is 244 g/mol. The van der Waals surface area contributed by atoms with E-state index in [1.54, 1.807) is 11.3 Å². The lowest BCUT2D eigenvalue weighted by atomic mass is 10.2. The Morgan fingerprint density at radius 2 is 2.33 bits per heavy atom. The predicted molar refractivity (Wildman–Crippen MR) is 74.7 cm³/mol. The summed E-state index contributed by atoms with van der Waals surface area (Å²) >= 11 is 1.71. The molecule has 92 valence electrons. The predicted octanol–water partition coefficient (Wildman–Crippen LogP) is 2.63. The first-order chi connectivity index (χ1) is 8.74. The highest BCUT2D eigenvalue weighted by Gasteiger charge is 2.09. The summed E-state index contributed by atoms with van der Waals surface area (Å²) in [7, 11) is 0. The SMILES string of the molecule is Cc1cnc2c(c1)nc(N)n2CCc1ccsc1. The number of aromatic nitrogens is 3. The van der Waals surface area contributed by atoms with Crippen molar-refractivity contribution in [2.45, 2.75) is 19.9 Å². The van der Waals surface area contributed by atoms with Crippen molar-refractivity contribution in [2.24, 2.45) is 0 Å². The molecule has 0 saturated carbocycles. The number of anilines is 1. The Morgan fingerprint density at radius 1 is 1.44 bits per heavy atom. The third kappa shape index (κ3) is 1.97. The first-order valence-corrected chi connectivity index (χ1v) is 6.78. The van der Waals surface area contributed by atoms with Crippen molar-refractivity contribution in [2.75, 3.05) is 5.73 Å². The Balaban J connectivity index is 1.93. The van der Waals surface area contributed by atoms with Crippen molar-refractivity contribution >= 4 is 28.4 Å². The average Bonchev–Trinajstić information content (AvgIpc) is 2.93. The molecule has 0 amide bonds. The van der Waals surface area contributed by atoms with E-state index in [1.165, 1.54) is 5.56 Å². The Labute approximate surface area is 109 Å². The van der Waals surface area contributed by atoms with Crippen molar-refractivity contribution in [3.05, 3.63) is 40.2 Å². The largest absolute Gasteiger partial charge is 0.369 e. The van der Waals surface area contributed by atoms with Gasteiger partial charge in [-0.3, -0.25) is 4.57 Å². The molecule has 0 aliphatic carbocycles. The van der Waals surface area contributed by atoms with Crippen LogP contribution in [0.4, 0.5) is 5.95 Å². The van der Waals surface area contributed by atoms with E-state index in [-0.39, 0.29) is 0 Å². The molecule has 0 bridgehead atoms. The molecule has 3 aromatic heterocycles. The number of pyridine rings is 1. The van der Waals surface area contributed by atoms with Crippen molar-refractivity contribution < 1.29 is 0 Å². The molecule has 0 fully saturated rings. The number of nitrogens with two attached hydrogens (primary N) is 1. The number of hydrogen-bond donors (Lipinski definition) is 1. The van der Waals surface area contributed by atoms with E-state index in [0.717, 1.165) is 29.7 Å². The average molecular weight is 258 g/mol. The molecule has 3 aromatic rings. The van der Waals surface area contributed by atoms with Crippen LogP contribution < -0.4 is 5.73 Å². The highest BCUT2D eigenvalue weighted by atomic mass is 32.1. The minimum Gasteiger partial charge on any atom is -0.369 e. The summed E-state index contributed by atoms with van der Waals surface area (Å²) in [5.74, 6) is 0.540. The summed E-state index contributed by atoms with van der Waals surface area (Å²) in [5, 5.41) is 4.25. The van der Waals surface area contributed by atoms with Gasteiger partial charge in [0.1, 0.15) is 5.52 Å². The van der Waals surface area contributed by atoms with Gasteiger partial charge in [0, 0.05) is 12.7 Å². The number of nitrogen functional groups attached to an aromatic ring is 1. The number of fused-ring (bicyclic) bond motifs is 1. The minimum atomic E-state index is 0.540. The molecule has 18 heavy (non-hydrogen) atoms. The lowest BCUT2D eigenvalue weighted by molar-refractivity contribution is 0.721. The fourth-order valence-electron chi connectivity index (χ4n) is 2.03. The molecule has 0 aromatic carbocycles. The number of rotatable bonds is 3. The third-order valence-corrected chi connectivity index (χ3v) is 3.69. The van der Waals surface area contributed by atoms with Gasteiger partial charge in [-0.1, -0.05) is 0 Å². The van der Waals surface area contributed by atoms with Crippen LogP contribution in [0.3, 0.4) is 0 Å². The maximum Gasteiger partial charge on any atom is 0.202 e. The summed E-state index contributed by atoms with van der Waals surface area (Å²) in [4.78, 5) is 8.78. The number of thiophene rings is 1. The standard InChI is InChI=1S/C13H14N4S/c1-9-6-11-12(15-7-9)17(13(14)16-11)4-2-10-3-5-18-8-10/h3,5-8H,2,4H2,1H3,(H2,14,16). The van der Waals surface area contributed by atoms with Gasteiger partial charge in [-0.25, -0.2) is 9.97 Å². The van der Waals surface area contributed by atoms with E-state index in [4.69, 9.17) is 5.73 Å². The highest BCUT2D eigenvalue weighted by molar-refractivity contribution is 7.07. The summed E-state index contributed by atoms with van der Waals surface area (Å²) in [6.45, 7) is 2.82. The Bertz CT molecular complexity index is 670. The monoisotopic (exact) mass is 258 g/mol. The van der Waals surface area contributed by atoms with Crippen LogP contribution in [0, 0.1) is 6.92 Å². The van der Waals surface area contributed by atoms with E-state index in [9.17, 15) is 0 Å². The zero-order chi connectivity index (χ0) is 12.5. The Morgan fingerprint density at radius 3 is 3.11 bits per heavy atom. The second-order valence-electron chi connectivity index (χ2n) is 4.36. The van der Waals surface area contributed by atoms with Crippen LogP contribution in [0.5, 0.6) is 0 Å². The quantitative estimate of drug-likeness (QED) is 0.785. The summed E-state index contributed by atoms with van der Waals surface area (Å²) < 4.78 is 1.98. The van der Waals surface area contributed by atoms with Crippen LogP contribution in [0.15, 0.2) is 29.1 Å². The van der Waals surface area contributed by atoms with Crippen LogP contribution in [0.25, 0.3) is 11.2 Å². The van der Waals surface area contributed by atoms with Gasteiger partial charge in [-0.05, 0) is 47.4 Å². The van der Waals surface area contributed by atoms with Gasteiger partial charge in [0.2, 0.25) is 5.95 Å². The van der Waals surface area contributed by atoms with Crippen molar-refractivity contribution in [1.82, 2.24) is 14.5 Å². The molecule has 3 rings (SSSR count). The zero-order valence-electron chi connectivity index (χ0n) is 10.1. The van der Waals surface area contributed by atoms with Crippen molar-refractivity contribution in [3.63, 3.8) is 0 Å². The van der Waals surface area contributed by atoms with Gasteiger partial charge < -0.3 is 5.73 Å². The van der Waals surface area contributed by atoms with Crippen LogP contribution >= 0.6 is 11.3 Å². The van der Waals surface area contributed by atoms with Gasteiger partial charge in [-0.2, -0.15) is 11.3 Å². The van der Waals surface area contributed by atoms with Gasteiger partial charge in [0.15, 0.2) is 5.65 Å². The van der Waals surface area contributed by atoms with Crippen LogP contribution in [-0.2, 0) is 13.0 Å². The Kier molecular flexibility index (Phi) is 2.76. The Hall–Kier alpha value is -1.88. The maximum atomic E-state index is 5.96. The molecular formula is C13H14N4S. The van der Waals surface area contributed by atoms with Crippen molar-refractivity contribution in [3.8, 4) is 0 Å². The van der Waals surface area contributed by atoms with E-state index < -0.39 is 0 Å². The summed E-state index contributed by atoms with van der Waals surface area (Å²) in [5.41, 5.74) is 10.1. The number of aryl methyl sites for hydroxylation is 3. The normalized spacial score (nSPS) is 11.2. The molecule has 2 N–H and O–H groups in total. The summed E-state index contributed by atoms with van der Waals surface area (Å²) in [6, 6.07) is 4.15. The molecule has 0 saturated heterocycles. The fraction of sp³-hybridized carbons (Fsp3) is 0.231. The van der Waals surface area contributed by atoms with E-state index in [2.05, 4.69) is 26.8 Å². The van der Waals surface area contributed by atoms with E-state index in [1.807, 2.05) is 23.8 Å². The number of imidazole rings is 1. The lowest BCUT2D eigenvalue weighted by Gasteiger charge is -2.04. The topological polar surface area (TPSA) is 56.7 Å². The zero-order valence-corrected chi connectivity index (χ0v) is 10.9. The lowest BCUT2D eigenvalue weighted by Crippen LogP contribution is -2.06. The molecule has 0 radical (unpaired) electrons. The van der Waals surface area contributed by atoms with Crippen LogP contribution in [0.2, 0.25) is 0 Å². The van der Waals surface area contributed by atoms with Gasteiger partial charge in [-0.15, -0.1) is 0 Å². The molecule has 0 spiro atoms. The molecule has 5 heteroatoms. The number of hydrogen-bond acceptors (Lipinski definition) is 4. The number of nitrogens with zero attached hydrogens (tertiary/aromatic N) is 3. The van der Waals surface area contributed by atoms with Gasteiger partial charge in [0.05, 0.1) is 0 Å². The first kappa shape index (κ1) is 11.2. The third-order valence-electron chi connectivity index (χ3n) is 2.96. The maximum absolute atomic E-state index is 5.96. The molecule has 3 heterocycles. The molecule has 0 atom stereocenters. The summed E-state index contributed by atoms with van der Waals surface area (Å²) in [6.07, 6.45) is 2.80. The highest BCUT2D eigenvalue weighted by Crippen LogP contribution is 2.18. The van der Waals surface area contributed by atoms with Crippen molar-refractivity contribution in [1.29, 1.82) is 0 Å².